The average molecular weight is 741 g/mol. The molecule has 284 valence electrons. The summed E-state index contributed by atoms with van der Waals surface area (Å²) >= 11 is 0. The second-order valence-electron chi connectivity index (χ2n) is 16.4. The van der Waals surface area contributed by atoms with E-state index in [1.54, 1.807) is 17.0 Å². The van der Waals surface area contributed by atoms with E-state index < -0.39 is 6.04 Å². The van der Waals surface area contributed by atoms with Gasteiger partial charge in [0.2, 0.25) is 0 Å². The van der Waals surface area contributed by atoms with Crippen LogP contribution in [0.1, 0.15) is 88.5 Å². The lowest BCUT2D eigenvalue weighted by Gasteiger charge is -2.40. The first kappa shape index (κ1) is 35.7. The number of carbonyl (C=O) groups is 3. The first-order valence-electron chi connectivity index (χ1n) is 20.2. The standard InChI is InChI=1S/C46H49FN4O4/c47-42-26-35(8-13-41(42)45-38(31-4-2-1-3-5-31)11-6-32-25-36(52)9-14-39(32)45)49-18-16-30(17-19-49)28-48-20-22-50(23-21-48)34-7-12-40-33(24-34)29-51(46(40)55)43-15-10-37(53)27-44(43)54/h1-5,7-9,12-14,24-26,30,38,43,45,52H,6,10-11,15-23,27-29H2/t38-,43?,45+/m1/s1. The predicted molar refractivity (Wildman–Crippen MR) is 211 cm³/mol. The average Bonchev–Trinajstić information content (AvgIpc) is 3.53. The molecule has 9 heteroatoms. The minimum Gasteiger partial charge on any atom is -0.508 e. The van der Waals surface area contributed by atoms with Gasteiger partial charge in [0.15, 0.2) is 5.78 Å². The lowest BCUT2D eigenvalue weighted by Crippen LogP contribution is -2.49. The van der Waals surface area contributed by atoms with E-state index in [0.29, 0.717) is 30.9 Å². The maximum atomic E-state index is 16.3. The van der Waals surface area contributed by atoms with Gasteiger partial charge in [-0.25, -0.2) is 4.39 Å². The van der Waals surface area contributed by atoms with Crippen molar-refractivity contribution in [2.75, 3.05) is 55.6 Å². The summed E-state index contributed by atoms with van der Waals surface area (Å²) in [4.78, 5) is 46.5. The lowest BCUT2D eigenvalue weighted by atomic mass is 9.69. The van der Waals surface area contributed by atoms with Crippen LogP contribution in [0.2, 0.25) is 0 Å². The molecule has 4 aromatic carbocycles. The smallest absolute Gasteiger partial charge is 0.255 e. The highest BCUT2D eigenvalue weighted by atomic mass is 19.1. The number of hydrogen-bond acceptors (Lipinski definition) is 7. The number of carbonyl (C=O) groups excluding carboxylic acids is 3. The monoisotopic (exact) mass is 740 g/mol. The predicted octanol–water partition coefficient (Wildman–Crippen LogP) is 7.08. The highest BCUT2D eigenvalue weighted by molar-refractivity contribution is 6.07. The fraction of sp³-hybridized carbons (Fsp3) is 0.413. The number of fused-ring (bicyclic) bond motifs is 2. The van der Waals surface area contributed by atoms with Crippen LogP contribution in [0.3, 0.4) is 0 Å². The third-order valence-electron chi connectivity index (χ3n) is 13.1. The molecule has 8 nitrogen and oxygen atoms in total. The summed E-state index contributed by atoms with van der Waals surface area (Å²) in [6, 6.07) is 27.5. The number of nitrogens with zero attached hydrogens (tertiary/aromatic N) is 4. The Bertz CT molecular complexity index is 2110. The Morgan fingerprint density at radius 2 is 1.42 bits per heavy atom. The SMILES string of the molecule is O=C1CCC(N2Cc3cc(N4CCN(CC5CCN(c6ccc([C@@H]7c8ccc(O)cc8CC[C@@H]7c7ccccc7)c(F)c6)CC5)CC4)ccc3C2=O)C(=O)C1. The molecule has 0 spiro atoms. The van der Waals surface area contributed by atoms with Gasteiger partial charge in [-0.15, -0.1) is 0 Å². The molecular weight excluding hydrogens is 692 g/mol. The van der Waals surface area contributed by atoms with Crippen LogP contribution in [0, 0.1) is 11.7 Å². The first-order valence-corrected chi connectivity index (χ1v) is 20.2. The molecule has 3 aliphatic heterocycles. The summed E-state index contributed by atoms with van der Waals surface area (Å²) in [5.41, 5.74) is 7.86. The molecule has 3 heterocycles. The minimum absolute atomic E-state index is 0.0290. The summed E-state index contributed by atoms with van der Waals surface area (Å²) in [5.74, 6) is 0.487. The number of aromatic hydroxyl groups is 1. The zero-order valence-corrected chi connectivity index (χ0v) is 31.3. The number of hydrogen-bond donors (Lipinski definition) is 1. The van der Waals surface area contributed by atoms with E-state index in [2.05, 4.69) is 51.1 Å². The highest BCUT2D eigenvalue weighted by Gasteiger charge is 2.39. The molecule has 3 atom stereocenters. The van der Waals surface area contributed by atoms with Crippen molar-refractivity contribution < 1.29 is 23.9 Å². The molecule has 2 saturated heterocycles. The van der Waals surface area contributed by atoms with E-state index in [1.165, 1.54) is 5.56 Å². The number of aryl methyl sites for hydroxylation is 1. The number of halogens is 1. The van der Waals surface area contributed by atoms with E-state index in [4.69, 9.17) is 0 Å². The molecular formula is C46H49FN4O4. The van der Waals surface area contributed by atoms with Gasteiger partial charge >= 0.3 is 0 Å². The Labute approximate surface area is 322 Å². The van der Waals surface area contributed by atoms with Crippen molar-refractivity contribution in [3.8, 4) is 5.75 Å². The van der Waals surface area contributed by atoms with E-state index in [1.807, 2.05) is 36.4 Å². The van der Waals surface area contributed by atoms with Crippen molar-refractivity contribution in [1.82, 2.24) is 9.80 Å². The summed E-state index contributed by atoms with van der Waals surface area (Å²) in [7, 11) is 0. The maximum Gasteiger partial charge on any atom is 0.255 e. The Balaban J connectivity index is 0.794. The normalized spacial score (nSPS) is 23.6. The van der Waals surface area contributed by atoms with Crippen LogP contribution in [0.25, 0.3) is 0 Å². The van der Waals surface area contributed by atoms with Crippen molar-refractivity contribution in [3.05, 3.63) is 124 Å². The maximum absolute atomic E-state index is 16.3. The van der Waals surface area contributed by atoms with Gasteiger partial charge in [-0.3, -0.25) is 19.3 Å². The van der Waals surface area contributed by atoms with Crippen molar-refractivity contribution in [3.63, 3.8) is 0 Å². The fourth-order valence-corrected chi connectivity index (χ4v) is 10.1. The van der Waals surface area contributed by atoms with E-state index in [0.717, 1.165) is 105 Å². The molecule has 1 saturated carbocycles. The zero-order valence-electron chi connectivity index (χ0n) is 31.3. The van der Waals surface area contributed by atoms with Crippen LogP contribution in [0.5, 0.6) is 5.75 Å². The topological polar surface area (TPSA) is 84.4 Å². The summed E-state index contributed by atoms with van der Waals surface area (Å²) in [5, 5.41) is 10.2. The van der Waals surface area contributed by atoms with Crippen molar-refractivity contribution in [1.29, 1.82) is 0 Å². The van der Waals surface area contributed by atoms with Crippen molar-refractivity contribution >= 4 is 28.8 Å². The Kier molecular flexibility index (Phi) is 9.67. The second kappa shape index (κ2) is 14.9. The molecule has 1 unspecified atom stereocenters. The van der Waals surface area contributed by atoms with Crippen molar-refractivity contribution in [2.24, 2.45) is 5.92 Å². The number of piperidine rings is 1. The molecule has 0 bridgehead atoms. The summed E-state index contributed by atoms with van der Waals surface area (Å²) < 4.78 is 16.3. The van der Waals surface area contributed by atoms with Crippen LogP contribution >= 0.6 is 0 Å². The number of phenols is 1. The molecule has 5 aliphatic rings. The fourth-order valence-electron chi connectivity index (χ4n) is 10.1. The first-order chi connectivity index (χ1) is 26.8. The van der Waals surface area contributed by atoms with Gasteiger partial charge in [-0.2, -0.15) is 0 Å². The molecule has 1 N–H and O–H groups in total. The number of ketones is 2. The quantitative estimate of drug-likeness (QED) is 0.203. The number of amides is 1. The molecule has 0 radical (unpaired) electrons. The third-order valence-corrected chi connectivity index (χ3v) is 13.1. The van der Waals surface area contributed by atoms with Crippen molar-refractivity contribution in [2.45, 2.75) is 69.4 Å². The summed E-state index contributed by atoms with van der Waals surface area (Å²) in [6.45, 7) is 7.12. The largest absolute Gasteiger partial charge is 0.508 e. The molecule has 4 aromatic rings. The highest BCUT2D eigenvalue weighted by Crippen LogP contribution is 2.48. The number of anilines is 2. The van der Waals surface area contributed by atoms with Gasteiger partial charge in [0.05, 0.1) is 12.5 Å². The number of phenolic OH excluding ortho intramolecular Hbond substituents is 1. The van der Waals surface area contributed by atoms with Gasteiger partial charge in [-0.05, 0) is 114 Å². The number of Topliss-reactive ketones (excluding diaryl/α,β-unsaturated/α-hetero) is 2. The van der Waals surface area contributed by atoms with Crippen LogP contribution < -0.4 is 9.80 Å². The van der Waals surface area contributed by atoms with Gasteiger partial charge < -0.3 is 19.8 Å². The lowest BCUT2D eigenvalue weighted by molar-refractivity contribution is -0.133. The molecule has 0 aromatic heterocycles. The van der Waals surface area contributed by atoms with E-state index >= 15 is 4.39 Å². The molecule has 9 rings (SSSR count). The number of benzene rings is 4. The van der Waals surface area contributed by atoms with Crippen LogP contribution in [-0.4, -0.2) is 84.2 Å². The molecule has 55 heavy (non-hydrogen) atoms. The zero-order chi connectivity index (χ0) is 37.6. The molecule has 1 amide bonds. The minimum atomic E-state index is -0.492. The Morgan fingerprint density at radius 1 is 0.691 bits per heavy atom. The van der Waals surface area contributed by atoms with Crippen LogP contribution in [-0.2, 0) is 22.6 Å². The Morgan fingerprint density at radius 3 is 2.18 bits per heavy atom. The van der Waals surface area contributed by atoms with Gasteiger partial charge in [0.1, 0.15) is 17.3 Å². The van der Waals surface area contributed by atoms with E-state index in [-0.39, 0.29) is 47.3 Å². The third kappa shape index (κ3) is 7.03. The van der Waals surface area contributed by atoms with Gasteiger partial charge in [-0.1, -0.05) is 42.5 Å². The van der Waals surface area contributed by atoms with Gasteiger partial charge in [0.25, 0.3) is 5.91 Å². The molecule has 3 fully saturated rings. The summed E-state index contributed by atoms with van der Waals surface area (Å²) in [6.07, 6.45) is 4.64. The van der Waals surface area contributed by atoms with Crippen LogP contribution in [0.15, 0.2) is 84.9 Å². The van der Waals surface area contributed by atoms with Gasteiger partial charge in [0, 0.05) is 81.6 Å². The Hall–Kier alpha value is -5.02. The van der Waals surface area contributed by atoms with E-state index in [9.17, 15) is 19.5 Å². The second-order valence-corrected chi connectivity index (χ2v) is 16.4. The number of rotatable bonds is 7. The molecule has 2 aliphatic carbocycles. The van der Waals surface area contributed by atoms with Crippen LogP contribution in [0.4, 0.5) is 15.8 Å². The number of piperazine rings is 1.